The first kappa shape index (κ1) is 23.9. The van der Waals surface area contributed by atoms with Gasteiger partial charge in [0.25, 0.3) is 5.69 Å². The number of nitro groups is 1. The summed E-state index contributed by atoms with van der Waals surface area (Å²) in [6.07, 6.45) is 2.43. The Morgan fingerprint density at radius 3 is 2.53 bits per heavy atom. The lowest BCUT2D eigenvalue weighted by Gasteiger charge is -2.60. The number of fused-ring (bicyclic) bond motifs is 3. The number of ether oxygens (including phenoxy) is 3. The minimum Gasteiger partial charge on any atom is -0.465 e. The highest BCUT2D eigenvalue weighted by molar-refractivity contribution is 5.94. The number of nitro benzene ring substituents is 1. The molecular formula is C24H27NO9. The van der Waals surface area contributed by atoms with Crippen LogP contribution in [0.1, 0.15) is 50.4 Å². The Hall–Kier alpha value is -3.27. The first-order valence-corrected chi connectivity index (χ1v) is 11.1. The number of aliphatic hydroxyl groups is 1. The van der Waals surface area contributed by atoms with Gasteiger partial charge >= 0.3 is 17.9 Å². The fraction of sp³-hybridized carbons (Fsp3) is 0.542. The third-order valence-electron chi connectivity index (χ3n) is 7.73. The number of cyclic esters (lactones) is 1. The van der Waals surface area contributed by atoms with E-state index in [1.54, 1.807) is 0 Å². The van der Waals surface area contributed by atoms with Crippen LogP contribution in [0.25, 0.3) is 0 Å². The van der Waals surface area contributed by atoms with E-state index in [2.05, 4.69) is 0 Å². The number of carbonyl (C=O) groups excluding carboxylic acids is 3. The Morgan fingerprint density at radius 1 is 1.24 bits per heavy atom. The van der Waals surface area contributed by atoms with E-state index in [4.69, 9.17) is 14.2 Å². The summed E-state index contributed by atoms with van der Waals surface area (Å²) < 4.78 is 16.5. The molecule has 5 unspecified atom stereocenters. The molecule has 10 heteroatoms. The molecule has 4 rings (SSSR count). The molecule has 182 valence electrons. The summed E-state index contributed by atoms with van der Waals surface area (Å²) in [6, 6.07) is 5.01. The van der Waals surface area contributed by atoms with Gasteiger partial charge in [-0.15, -0.1) is 0 Å². The zero-order chi connectivity index (χ0) is 24.9. The van der Waals surface area contributed by atoms with Crippen molar-refractivity contribution in [2.75, 3.05) is 13.2 Å². The zero-order valence-electron chi connectivity index (χ0n) is 19.2. The van der Waals surface area contributed by atoms with Crippen LogP contribution < -0.4 is 0 Å². The molecule has 0 amide bonds. The molecule has 10 nitrogen and oxygen atoms in total. The van der Waals surface area contributed by atoms with Crippen LogP contribution in [0.5, 0.6) is 0 Å². The van der Waals surface area contributed by atoms with E-state index in [9.17, 15) is 29.6 Å². The van der Waals surface area contributed by atoms with Crippen LogP contribution in [0.4, 0.5) is 5.69 Å². The van der Waals surface area contributed by atoms with Gasteiger partial charge in [0, 0.05) is 35.8 Å². The number of hydrogen-bond donors (Lipinski definition) is 1. The molecule has 1 aromatic rings. The summed E-state index contributed by atoms with van der Waals surface area (Å²) in [5.74, 6) is -2.33. The van der Waals surface area contributed by atoms with Crippen LogP contribution in [-0.2, 0) is 23.8 Å². The third kappa shape index (κ3) is 3.66. The van der Waals surface area contributed by atoms with Gasteiger partial charge in [0.1, 0.15) is 18.3 Å². The van der Waals surface area contributed by atoms with E-state index in [0.29, 0.717) is 19.3 Å². The molecule has 0 radical (unpaired) electrons. The van der Waals surface area contributed by atoms with Gasteiger partial charge in [-0.3, -0.25) is 14.9 Å². The van der Waals surface area contributed by atoms with Crippen molar-refractivity contribution in [3.8, 4) is 0 Å². The molecule has 1 saturated heterocycles. The topological polar surface area (TPSA) is 142 Å². The third-order valence-corrected chi connectivity index (χ3v) is 7.73. The second-order valence-corrected chi connectivity index (χ2v) is 9.87. The minimum absolute atomic E-state index is 0.0578. The molecule has 34 heavy (non-hydrogen) atoms. The maximum atomic E-state index is 13.0. The number of benzene rings is 1. The smallest absolute Gasteiger partial charge is 0.338 e. The highest BCUT2D eigenvalue weighted by Gasteiger charge is 2.68. The van der Waals surface area contributed by atoms with Crippen molar-refractivity contribution < 1.29 is 38.6 Å². The quantitative estimate of drug-likeness (QED) is 0.295. The number of rotatable bonds is 5. The first-order chi connectivity index (χ1) is 15.9. The van der Waals surface area contributed by atoms with E-state index in [-0.39, 0.29) is 30.0 Å². The lowest BCUT2D eigenvalue weighted by molar-refractivity contribution is -0.384. The second kappa shape index (κ2) is 8.19. The molecule has 5 atom stereocenters. The lowest BCUT2D eigenvalue weighted by atomic mass is 9.46. The van der Waals surface area contributed by atoms with Crippen molar-refractivity contribution in [1.82, 2.24) is 0 Å². The predicted octanol–water partition coefficient (Wildman–Crippen LogP) is 2.72. The standard InChI is InChI=1S/C24H27NO9/c1-14(26)32-12-22(2)9-4-10-23(3)19(22)18(11-17-21(28)33-13-24(17,23)29)34-20(27)15-5-7-16(8-6-15)25(30)31/h5-8,11,18-19,29H,4,9-10,12-13H2,1-3H3. The van der Waals surface area contributed by atoms with Crippen molar-refractivity contribution in [3.63, 3.8) is 0 Å². The van der Waals surface area contributed by atoms with Crippen LogP contribution in [0.3, 0.4) is 0 Å². The Labute approximate surface area is 196 Å². The highest BCUT2D eigenvalue weighted by atomic mass is 16.6. The molecule has 1 heterocycles. The molecule has 1 N–H and O–H groups in total. The van der Waals surface area contributed by atoms with Gasteiger partial charge < -0.3 is 19.3 Å². The minimum atomic E-state index is -1.57. The van der Waals surface area contributed by atoms with E-state index in [1.165, 1.54) is 37.3 Å². The van der Waals surface area contributed by atoms with Gasteiger partial charge in [-0.1, -0.05) is 20.3 Å². The van der Waals surface area contributed by atoms with Gasteiger partial charge in [-0.25, -0.2) is 9.59 Å². The van der Waals surface area contributed by atoms with E-state index < -0.39 is 51.3 Å². The van der Waals surface area contributed by atoms with Crippen molar-refractivity contribution >= 4 is 23.6 Å². The Morgan fingerprint density at radius 2 is 1.91 bits per heavy atom. The van der Waals surface area contributed by atoms with Gasteiger partial charge in [0.2, 0.25) is 0 Å². The molecule has 1 aliphatic heterocycles. The second-order valence-electron chi connectivity index (χ2n) is 9.87. The molecule has 2 fully saturated rings. The van der Waals surface area contributed by atoms with Crippen LogP contribution in [-0.4, -0.2) is 52.9 Å². The summed E-state index contributed by atoms with van der Waals surface area (Å²) in [4.78, 5) is 47.4. The predicted molar refractivity (Wildman–Crippen MR) is 116 cm³/mol. The first-order valence-electron chi connectivity index (χ1n) is 11.1. The maximum absolute atomic E-state index is 13.0. The van der Waals surface area contributed by atoms with Gasteiger partial charge in [0.15, 0.2) is 0 Å². The van der Waals surface area contributed by atoms with Crippen LogP contribution in [0, 0.1) is 26.9 Å². The number of hydrogen-bond acceptors (Lipinski definition) is 9. The van der Waals surface area contributed by atoms with Crippen LogP contribution in [0.2, 0.25) is 0 Å². The average molecular weight is 473 g/mol. The Bertz CT molecular complexity index is 1080. The molecular weight excluding hydrogens is 446 g/mol. The van der Waals surface area contributed by atoms with Crippen LogP contribution >= 0.6 is 0 Å². The molecule has 1 aromatic carbocycles. The van der Waals surface area contributed by atoms with Gasteiger partial charge in [0.05, 0.1) is 22.7 Å². The zero-order valence-corrected chi connectivity index (χ0v) is 19.2. The van der Waals surface area contributed by atoms with Crippen molar-refractivity contribution in [2.24, 2.45) is 16.7 Å². The average Bonchev–Trinajstić information content (AvgIpc) is 3.08. The van der Waals surface area contributed by atoms with Crippen LogP contribution in [0.15, 0.2) is 35.9 Å². The lowest BCUT2D eigenvalue weighted by Crippen LogP contribution is -2.65. The van der Waals surface area contributed by atoms with E-state index in [1.807, 2.05) is 13.8 Å². The van der Waals surface area contributed by atoms with Gasteiger partial charge in [-0.05, 0) is 31.1 Å². The molecule has 0 bridgehead atoms. The molecule has 3 aliphatic rings. The maximum Gasteiger partial charge on any atom is 0.338 e. The highest BCUT2D eigenvalue weighted by Crippen LogP contribution is 2.63. The van der Waals surface area contributed by atoms with Crippen molar-refractivity contribution in [3.05, 3.63) is 51.6 Å². The fourth-order valence-electron chi connectivity index (χ4n) is 6.04. The fourth-order valence-corrected chi connectivity index (χ4v) is 6.04. The van der Waals surface area contributed by atoms with Crippen molar-refractivity contribution in [2.45, 2.75) is 51.7 Å². The summed E-state index contributed by atoms with van der Waals surface area (Å²) >= 11 is 0. The summed E-state index contributed by atoms with van der Waals surface area (Å²) in [5, 5.41) is 22.6. The molecule has 1 saturated carbocycles. The number of nitrogens with zero attached hydrogens (tertiary/aromatic N) is 1. The number of esters is 3. The number of non-ortho nitro benzene ring substituents is 1. The SMILES string of the molecule is CC(=O)OCC1(C)CCCC2(C)C1C(OC(=O)c1ccc([N+](=O)[O-])cc1)C=C1C(=O)OCC12O. The Balaban J connectivity index is 1.74. The Kier molecular flexibility index (Phi) is 5.75. The number of carbonyl (C=O) groups is 3. The van der Waals surface area contributed by atoms with Crippen molar-refractivity contribution in [1.29, 1.82) is 0 Å². The summed E-state index contributed by atoms with van der Waals surface area (Å²) in [6.45, 7) is 4.95. The normalized spacial score (nSPS) is 34.2. The molecule has 0 aromatic heterocycles. The largest absolute Gasteiger partial charge is 0.465 e. The van der Waals surface area contributed by atoms with E-state index in [0.717, 1.165) is 0 Å². The molecule has 0 spiro atoms. The summed E-state index contributed by atoms with van der Waals surface area (Å²) in [5.41, 5.74) is -3.13. The molecule has 2 aliphatic carbocycles. The van der Waals surface area contributed by atoms with E-state index >= 15 is 0 Å². The van der Waals surface area contributed by atoms with Gasteiger partial charge in [-0.2, -0.15) is 0 Å². The summed E-state index contributed by atoms with van der Waals surface area (Å²) in [7, 11) is 0. The monoisotopic (exact) mass is 473 g/mol.